The molecule has 182 valence electrons. The molecule has 2 aromatic carbocycles. The van der Waals surface area contributed by atoms with Crippen molar-refractivity contribution < 1.29 is 24.2 Å². The third kappa shape index (κ3) is 3.51. The van der Waals surface area contributed by atoms with Gasteiger partial charge in [0.1, 0.15) is 6.61 Å². The number of aliphatic carboxylic acids is 1. The molecule has 3 aliphatic carbocycles. The van der Waals surface area contributed by atoms with E-state index >= 15 is 0 Å². The van der Waals surface area contributed by atoms with Gasteiger partial charge in [0.15, 0.2) is 0 Å². The van der Waals surface area contributed by atoms with Crippen LogP contribution in [0, 0.1) is 23.2 Å². The first kappa shape index (κ1) is 22.1. The Hall–Kier alpha value is -3.35. The summed E-state index contributed by atoms with van der Waals surface area (Å²) in [6, 6.07) is 16.1. The number of rotatable bonds is 5. The highest BCUT2D eigenvalue weighted by molar-refractivity contribution is 5.86. The van der Waals surface area contributed by atoms with E-state index in [1.807, 2.05) is 36.1 Å². The van der Waals surface area contributed by atoms with Crippen LogP contribution in [0.2, 0.25) is 0 Å². The summed E-state index contributed by atoms with van der Waals surface area (Å²) in [5.74, 6) is -0.886. The molecule has 3 fully saturated rings. The number of carboxylic acid groups (broad SMARTS) is 1. The molecular formula is C28H30N2O5. The minimum atomic E-state index is -0.756. The van der Waals surface area contributed by atoms with Crippen LogP contribution in [0.15, 0.2) is 48.5 Å². The van der Waals surface area contributed by atoms with Gasteiger partial charge in [-0.25, -0.2) is 4.79 Å². The summed E-state index contributed by atoms with van der Waals surface area (Å²) in [6.07, 6.45) is 1.79. The summed E-state index contributed by atoms with van der Waals surface area (Å²) in [7, 11) is 0. The highest BCUT2D eigenvalue weighted by atomic mass is 16.5. The topological polar surface area (TPSA) is 95.9 Å². The van der Waals surface area contributed by atoms with Gasteiger partial charge in [-0.1, -0.05) is 55.0 Å². The van der Waals surface area contributed by atoms with E-state index < -0.39 is 17.5 Å². The largest absolute Gasteiger partial charge is 0.481 e. The van der Waals surface area contributed by atoms with Crippen LogP contribution in [0.5, 0.6) is 0 Å². The van der Waals surface area contributed by atoms with Gasteiger partial charge in [0.05, 0.1) is 11.3 Å². The summed E-state index contributed by atoms with van der Waals surface area (Å²) in [6.45, 7) is 3.18. The molecular weight excluding hydrogens is 444 g/mol. The Morgan fingerprint density at radius 3 is 2.23 bits per heavy atom. The Balaban J connectivity index is 1.09. The lowest BCUT2D eigenvalue weighted by atomic mass is 9.83. The molecule has 5 atom stereocenters. The lowest BCUT2D eigenvalue weighted by molar-refractivity contribution is -0.144. The maximum atomic E-state index is 13.4. The Morgan fingerprint density at radius 2 is 1.63 bits per heavy atom. The second kappa shape index (κ2) is 8.11. The smallest absolute Gasteiger partial charge is 0.407 e. The van der Waals surface area contributed by atoms with Gasteiger partial charge >= 0.3 is 12.1 Å². The van der Waals surface area contributed by atoms with E-state index in [2.05, 4.69) is 29.6 Å². The maximum Gasteiger partial charge on any atom is 0.407 e. The normalized spacial score (nSPS) is 30.4. The zero-order valence-electron chi connectivity index (χ0n) is 19.8. The molecule has 2 saturated carbocycles. The fraction of sp³-hybridized carbons (Fsp3) is 0.464. The number of nitrogens with zero attached hydrogens (tertiary/aromatic N) is 1. The van der Waals surface area contributed by atoms with Gasteiger partial charge in [0.2, 0.25) is 5.91 Å². The number of nitrogens with one attached hydrogen (secondary N) is 1. The summed E-state index contributed by atoms with van der Waals surface area (Å²) < 4.78 is 5.72. The van der Waals surface area contributed by atoms with E-state index in [4.69, 9.17) is 4.74 Å². The number of amides is 2. The van der Waals surface area contributed by atoms with Crippen LogP contribution in [-0.2, 0) is 14.3 Å². The van der Waals surface area contributed by atoms with Crippen molar-refractivity contribution >= 4 is 18.0 Å². The van der Waals surface area contributed by atoms with E-state index in [1.54, 1.807) is 0 Å². The van der Waals surface area contributed by atoms with Crippen LogP contribution in [0.1, 0.15) is 43.2 Å². The van der Waals surface area contributed by atoms with E-state index in [-0.39, 0.29) is 42.2 Å². The number of fused-ring (bicyclic) bond motifs is 4. The fourth-order valence-electron chi connectivity index (χ4n) is 6.86. The third-order valence-corrected chi connectivity index (χ3v) is 8.85. The van der Waals surface area contributed by atoms with E-state index in [1.165, 1.54) is 11.1 Å². The Kier molecular flexibility index (Phi) is 5.13. The van der Waals surface area contributed by atoms with Gasteiger partial charge in [0.25, 0.3) is 0 Å². The summed E-state index contributed by atoms with van der Waals surface area (Å²) in [4.78, 5) is 39.4. The molecule has 1 aliphatic heterocycles. The van der Waals surface area contributed by atoms with Crippen molar-refractivity contribution in [3.63, 3.8) is 0 Å². The van der Waals surface area contributed by atoms with Crippen molar-refractivity contribution in [2.75, 3.05) is 19.7 Å². The van der Waals surface area contributed by atoms with Crippen LogP contribution in [-0.4, -0.2) is 53.7 Å². The quantitative estimate of drug-likeness (QED) is 0.686. The molecule has 0 spiro atoms. The summed E-state index contributed by atoms with van der Waals surface area (Å²) in [5.41, 5.74) is 3.99. The zero-order valence-corrected chi connectivity index (χ0v) is 19.8. The molecule has 1 saturated heterocycles. The van der Waals surface area contributed by atoms with Crippen molar-refractivity contribution in [2.45, 2.75) is 38.1 Å². The lowest BCUT2D eigenvalue weighted by Gasteiger charge is -2.35. The van der Waals surface area contributed by atoms with Gasteiger partial charge in [-0.2, -0.15) is 0 Å². The predicted molar refractivity (Wildman–Crippen MR) is 129 cm³/mol. The SMILES string of the molecule is CC1(C(=O)N2C[C@@H]3C(C(=O)O)[C@@H]3C2)CCCC1NC(=O)OCC1c2ccccc2-c2ccccc21. The van der Waals surface area contributed by atoms with Gasteiger partial charge in [-0.05, 0) is 53.9 Å². The summed E-state index contributed by atoms with van der Waals surface area (Å²) in [5, 5.41) is 12.3. The number of alkyl carbamates (subject to hydrolysis) is 1. The molecule has 2 amide bonds. The molecule has 7 heteroatoms. The number of carbonyl (C=O) groups is 3. The second-order valence-corrected chi connectivity index (χ2v) is 10.7. The molecule has 6 rings (SSSR count). The lowest BCUT2D eigenvalue weighted by Crippen LogP contribution is -2.52. The van der Waals surface area contributed by atoms with E-state index in [0.717, 1.165) is 24.0 Å². The van der Waals surface area contributed by atoms with Gasteiger partial charge in [-0.3, -0.25) is 9.59 Å². The molecule has 0 radical (unpaired) electrons. The number of ether oxygens (including phenoxy) is 1. The van der Waals surface area contributed by atoms with Crippen molar-refractivity contribution in [2.24, 2.45) is 23.2 Å². The molecule has 0 aromatic heterocycles. The molecule has 3 unspecified atom stereocenters. The molecule has 2 aromatic rings. The van der Waals surface area contributed by atoms with Crippen molar-refractivity contribution in [3.8, 4) is 11.1 Å². The van der Waals surface area contributed by atoms with Crippen LogP contribution in [0.3, 0.4) is 0 Å². The van der Waals surface area contributed by atoms with E-state index in [9.17, 15) is 19.5 Å². The molecule has 7 nitrogen and oxygen atoms in total. The van der Waals surface area contributed by atoms with Crippen molar-refractivity contribution in [3.05, 3.63) is 59.7 Å². The molecule has 1 heterocycles. The van der Waals surface area contributed by atoms with Crippen LogP contribution >= 0.6 is 0 Å². The monoisotopic (exact) mass is 474 g/mol. The fourth-order valence-corrected chi connectivity index (χ4v) is 6.86. The van der Waals surface area contributed by atoms with Gasteiger partial charge < -0.3 is 20.1 Å². The first-order valence-electron chi connectivity index (χ1n) is 12.5. The van der Waals surface area contributed by atoms with Crippen LogP contribution < -0.4 is 5.32 Å². The first-order chi connectivity index (χ1) is 16.9. The zero-order chi connectivity index (χ0) is 24.3. The Labute approximate surface area is 204 Å². The number of hydrogen-bond donors (Lipinski definition) is 2. The second-order valence-electron chi connectivity index (χ2n) is 10.7. The predicted octanol–water partition coefficient (Wildman–Crippen LogP) is 3.87. The van der Waals surface area contributed by atoms with Crippen LogP contribution in [0.25, 0.3) is 11.1 Å². The molecule has 4 aliphatic rings. The Morgan fingerprint density at radius 1 is 1.03 bits per heavy atom. The number of hydrogen-bond acceptors (Lipinski definition) is 4. The maximum absolute atomic E-state index is 13.4. The Bertz CT molecular complexity index is 1150. The highest BCUT2D eigenvalue weighted by Crippen LogP contribution is 2.53. The van der Waals surface area contributed by atoms with Crippen LogP contribution in [0.4, 0.5) is 4.79 Å². The molecule has 35 heavy (non-hydrogen) atoms. The van der Waals surface area contributed by atoms with Gasteiger partial charge in [-0.15, -0.1) is 0 Å². The minimum Gasteiger partial charge on any atom is -0.481 e. The number of carbonyl (C=O) groups excluding carboxylic acids is 2. The van der Waals surface area contributed by atoms with Gasteiger partial charge in [0, 0.05) is 25.0 Å². The average molecular weight is 475 g/mol. The number of likely N-dealkylation sites (tertiary alicyclic amines) is 1. The average Bonchev–Trinajstić information content (AvgIpc) is 3.14. The van der Waals surface area contributed by atoms with Crippen molar-refractivity contribution in [1.82, 2.24) is 10.2 Å². The minimum absolute atomic E-state index is 0.0109. The number of carboxylic acids is 1. The number of benzene rings is 2. The summed E-state index contributed by atoms with van der Waals surface area (Å²) >= 11 is 0. The molecule has 0 bridgehead atoms. The highest BCUT2D eigenvalue weighted by Gasteiger charge is 2.62. The van der Waals surface area contributed by atoms with E-state index in [0.29, 0.717) is 19.5 Å². The standard InChI is InChI=1S/C28H30N2O5/c1-28(26(33)30-13-20-21(14-30)24(20)25(31)32)12-6-11-23(28)29-27(34)35-15-22-18-9-4-2-7-16(18)17-8-3-5-10-19(17)22/h2-5,7-10,20-24H,6,11-15H2,1H3,(H,29,34)(H,31,32)/t20-,21+,23?,24?,28?. The number of piperidine rings is 1. The molecule has 2 N–H and O–H groups in total. The first-order valence-corrected chi connectivity index (χ1v) is 12.5. The van der Waals surface area contributed by atoms with Crippen molar-refractivity contribution in [1.29, 1.82) is 0 Å². The third-order valence-electron chi connectivity index (χ3n) is 8.85.